The number of nitrogens with zero attached hydrogens (tertiary/aromatic N) is 1. The van der Waals surface area contributed by atoms with E-state index in [0.717, 1.165) is 10.9 Å². The van der Waals surface area contributed by atoms with E-state index in [-0.39, 0.29) is 18.5 Å². The Balaban J connectivity index is 2.28. The molecule has 1 N–H and O–H groups in total. The van der Waals surface area contributed by atoms with Gasteiger partial charge < -0.3 is 14.6 Å². The molecule has 1 heterocycles. The molecule has 0 aliphatic rings. The summed E-state index contributed by atoms with van der Waals surface area (Å²) in [5, 5.41) is 3.76. The van der Waals surface area contributed by atoms with Crippen molar-refractivity contribution in [1.29, 1.82) is 0 Å². The molecule has 0 aliphatic heterocycles. The summed E-state index contributed by atoms with van der Waals surface area (Å²) < 4.78 is 6.59. The monoisotopic (exact) mass is 302 g/mol. The summed E-state index contributed by atoms with van der Waals surface area (Å²) in [4.78, 5) is 24.0. The first-order chi connectivity index (χ1) is 10.4. The van der Waals surface area contributed by atoms with Crippen LogP contribution < -0.4 is 5.32 Å². The van der Waals surface area contributed by atoms with E-state index >= 15 is 0 Å². The summed E-state index contributed by atoms with van der Waals surface area (Å²) in [5.74, 6) is -0.0970. The van der Waals surface area contributed by atoms with Crippen LogP contribution in [0.4, 0.5) is 0 Å². The van der Waals surface area contributed by atoms with Gasteiger partial charge in [-0.1, -0.05) is 32.0 Å². The number of aromatic nitrogens is 1. The van der Waals surface area contributed by atoms with E-state index in [4.69, 9.17) is 4.74 Å². The first kappa shape index (κ1) is 16.1. The van der Waals surface area contributed by atoms with Gasteiger partial charge in [0.2, 0.25) is 5.91 Å². The van der Waals surface area contributed by atoms with E-state index < -0.39 is 5.97 Å². The molecule has 22 heavy (non-hydrogen) atoms. The van der Waals surface area contributed by atoms with Crippen molar-refractivity contribution >= 4 is 22.8 Å². The molecule has 118 valence electrons. The Labute approximate surface area is 130 Å². The van der Waals surface area contributed by atoms with E-state index in [2.05, 4.69) is 19.2 Å². The molecule has 1 atom stereocenters. The van der Waals surface area contributed by atoms with E-state index in [1.807, 2.05) is 31.2 Å². The van der Waals surface area contributed by atoms with Crippen LogP contribution in [0.5, 0.6) is 0 Å². The van der Waals surface area contributed by atoms with Crippen molar-refractivity contribution in [1.82, 2.24) is 9.88 Å². The van der Waals surface area contributed by atoms with Crippen LogP contribution in [0.25, 0.3) is 10.9 Å². The highest BCUT2D eigenvalue weighted by Gasteiger charge is 2.17. The summed E-state index contributed by atoms with van der Waals surface area (Å²) >= 11 is 0. The lowest BCUT2D eigenvalue weighted by atomic mass is 10.1. The highest BCUT2D eigenvalue weighted by Crippen LogP contribution is 2.22. The second-order valence-electron chi connectivity index (χ2n) is 5.78. The number of fused-ring (bicyclic) bond motifs is 1. The predicted molar refractivity (Wildman–Crippen MR) is 85.7 cm³/mol. The number of carbonyl (C=O) groups is 2. The molecule has 5 heteroatoms. The summed E-state index contributed by atoms with van der Waals surface area (Å²) in [6.07, 6.45) is 1.68. The van der Waals surface area contributed by atoms with E-state index in [9.17, 15) is 9.59 Å². The number of hydrogen-bond acceptors (Lipinski definition) is 3. The lowest BCUT2D eigenvalue weighted by molar-refractivity contribution is -0.122. The minimum atomic E-state index is -0.397. The first-order valence-corrected chi connectivity index (χ1v) is 7.39. The Morgan fingerprint density at radius 2 is 1.91 bits per heavy atom. The Hall–Kier alpha value is -2.30. The van der Waals surface area contributed by atoms with Crippen molar-refractivity contribution in [3.05, 3.63) is 36.0 Å². The molecule has 0 aliphatic carbocycles. The van der Waals surface area contributed by atoms with Crippen molar-refractivity contribution in [2.75, 3.05) is 7.11 Å². The lowest BCUT2D eigenvalue weighted by Gasteiger charge is -2.17. The van der Waals surface area contributed by atoms with Gasteiger partial charge in [-0.05, 0) is 18.9 Å². The topological polar surface area (TPSA) is 60.3 Å². The number of benzene rings is 1. The number of para-hydroxylation sites is 1. The quantitative estimate of drug-likeness (QED) is 0.864. The normalized spacial score (nSPS) is 12.4. The van der Waals surface area contributed by atoms with Crippen molar-refractivity contribution in [2.24, 2.45) is 5.92 Å². The van der Waals surface area contributed by atoms with Gasteiger partial charge in [-0.3, -0.25) is 4.79 Å². The lowest BCUT2D eigenvalue weighted by Crippen LogP contribution is -2.38. The van der Waals surface area contributed by atoms with Gasteiger partial charge in [0.15, 0.2) is 0 Å². The maximum absolute atomic E-state index is 12.2. The molecule has 0 bridgehead atoms. The number of carbonyl (C=O) groups excluding carboxylic acids is 2. The predicted octanol–water partition coefficient (Wildman–Crippen LogP) is 2.59. The number of rotatable bonds is 5. The molecular weight excluding hydrogens is 280 g/mol. The van der Waals surface area contributed by atoms with Crippen molar-refractivity contribution in [3.63, 3.8) is 0 Å². The van der Waals surface area contributed by atoms with Gasteiger partial charge in [0.1, 0.15) is 6.54 Å². The molecule has 0 saturated carbocycles. The van der Waals surface area contributed by atoms with E-state index in [1.54, 1.807) is 10.8 Å². The summed E-state index contributed by atoms with van der Waals surface area (Å²) in [6, 6.07) is 7.59. The molecular formula is C17H22N2O3. The van der Waals surface area contributed by atoms with E-state index in [0.29, 0.717) is 11.5 Å². The van der Waals surface area contributed by atoms with Gasteiger partial charge in [-0.15, -0.1) is 0 Å². The van der Waals surface area contributed by atoms with Gasteiger partial charge in [0.25, 0.3) is 0 Å². The zero-order valence-corrected chi connectivity index (χ0v) is 13.4. The smallest absolute Gasteiger partial charge is 0.340 e. The Morgan fingerprint density at radius 1 is 1.23 bits per heavy atom. The third-order valence-corrected chi connectivity index (χ3v) is 3.90. The van der Waals surface area contributed by atoms with Crippen LogP contribution >= 0.6 is 0 Å². The van der Waals surface area contributed by atoms with Gasteiger partial charge >= 0.3 is 5.97 Å². The number of amides is 1. The Morgan fingerprint density at radius 3 is 2.55 bits per heavy atom. The fourth-order valence-electron chi connectivity index (χ4n) is 2.27. The third-order valence-electron chi connectivity index (χ3n) is 3.90. The fourth-order valence-corrected chi connectivity index (χ4v) is 2.27. The highest BCUT2D eigenvalue weighted by molar-refractivity contribution is 6.04. The Kier molecular flexibility index (Phi) is 4.85. The standard InChI is InChI=1S/C17H22N2O3/c1-11(2)12(3)18-16(20)10-19-9-14(17(21)22-4)13-7-5-6-8-15(13)19/h5-9,11-12H,10H2,1-4H3,(H,18,20). The Bertz CT molecular complexity index is 688. The maximum atomic E-state index is 12.2. The van der Waals surface area contributed by atoms with Crippen LogP contribution in [-0.2, 0) is 16.1 Å². The second-order valence-corrected chi connectivity index (χ2v) is 5.78. The largest absolute Gasteiger partial charge is 0.465 e. The summed E-state index contributed by atoms with van der Waals surface area (Å²) in [6.45, 7) is 6.28. The average Bonchev–Trinajstić information content (AvgIpc) is 2.85. The van der Waals surface area contributed by atoms with Crippen molar-refractivity contribution in [2.45, 2.75) is 33.4 Å². The zero-order chi connectivity index (χ0) is 16.3. The van der Waals surface area contributed by atoms with Crippen LogP contribution in [0, 0.1) is 5.92 Å². The fraction of sp³-hybridized carbons (Fsp3) is 0.412. The van der Waals surface area contributed by atoms with Gasteiger partial charge in [-0.25, -0.2) is 4.79 Å². The number of hydrogen-bond donors (Lipinski definition) is 1. The zero-order valence-electron chi connectivity index (χ0n) is 13.4. The average molecular weight is 302 g/mol. The number of esters is 1. The molecule has 2 rings (SSSR count). The molecule has 1 unspecified atom stereocenters. The minimum absolute atomic E-state index is 0.0710. The van der Waals surface area contributed by atoms with Gasteiger partial charge in [0.05, 0.1) is 12.7 Å². The molecule has 5 nitrogen and oxygen atoms in total. The van der Waals surface area contributed by atoms with Crippen molar-refractivity contribution < 1.29 is 14.3 Å². The summed E-state index contributed by atoms with van der Waals surface area (Å²) in [5.41, 5.74) is 1.32. The minimum Gasteiger partial charge on any atom is -0.465 e. The van der Waals surface area contributed by atoms with Crippen LogP contribution in [0.15, 0.2) is 30.5 Å². The van der Waals surface area contributed by atoms with E-state index in [1.165, 1.54) is 7.11 Å². The van der Waals surface area contributed by atoms with Gasteiger partial charge in [0, 0.05) is 23.1 Å². The SMILES string of the molecule is COC(=O)c1cn(CC(=O)NC(C)C(C)C)c2ccccc12. The molecule has 1 aromatic carbocycles. The van der Waals surface area contributed by atoms with Crippen LogP contribution in [0.2, 0.25) is 0 Å². The first-order valence-electron chi connectivity index (χ1n) is 7.39. The second kappa shape index (κ2) is 6.64. The summed E-state index contributed by atoms with van der Waals surface area (Å²) in [7, 11) is 1.35. The van der Waals surface area contributed by atoms with Crippen LogP contribution in [-0.4, -0.2) is 29.6 Å². The maximum Gasteiger partial charge on any atom is 0.340 e. The molecule has 0 radical (unpaired) electrons. The number of methoxy groups -OCH3 is 1. The van der Waals surface area contributed by atoms with Crippen LogP contribution in [0.3, 0.4) is 0 Å². The molecule has 1 aromatic heterocycles. The van der Waals surface area contributed by atoms with Crippen LogP contribution in [0.1, 0.15) is 31.1 Å². The molecule has 1 amide bonds. The molecule has 0 saturated heterocycles. The number of nitrogens with one attached hydrogen (secondary N) is 1. The van der Waals surface area contributed by atoms with Gasteiger partial charge in [-0.2, -0.15) is 0 Å². The molecule has 0 spiro atoms. The number of ether oxygens (including phenoxy) is 1. The molecule has 0 fully saturated rings. The van der Waals surface area contributed by atoms with Crippen molar-refractivity contribution in [3.8, 4) is 0 Å². The third kappa shape index (κ3) is 3.30. The highest BCUT2D eigenvalue weighted by atomic mass is 16.5. The molecule has 2 aromatic rings.